The first-order valence-corrected chi connectivity index (χ1v) is 7.07. The van der Waals surface area contributed by atoms with Crippen molar-refractivity contribution < 1.29 is 4.39 Å². The molecule has 2 aliphatic rings. The quantitative estimate of drug-likeness (QED) is 0.811. The van der Waals surface area contributed by atoms with E-state index in [-0.39, 0.29) is 5.82 Å². The maximum atomic E-state index is 14.0. The monoisotopic (exact) mass is 248 g/mol. The number of benzene rings is 1. The highest BCUT2D eigenvalue weighted by molar-refractivity contribution is 5.55. The van der Waals surface area contributed by atoms with E-state index in [1.165, 1.54) is 44.6 Å². The van der Waals surface area contributed by atoms with Crippen LogP contribution in [0.1, 0.15) is 38.5 Å². The van der Waals surface area contributed by atoms with Crippen LogP contribution in [0.3, 0.4) is 0 Å². The van der Waals surface area contributed by atoms with Gasteiger partial charge in [-0.15, -0.1) is 0 Å². The summed E-state index contributed by atoms with van der Waals surface area (Å²) in [5.41, 5.74) is 6.88. The van der Waals surface area contributed by atoms with Gasteiger partial charge in [-0.3, -0.25) is 0 Å². The van der Waals surface area contributed by atoms with Gasteiger partial charge in [0.2, 0.25) is 0 Å². The van der Waals surface area contributed by atoms with E-state index in [4.69, 9.17) is 5.73 Å². The van der Waals surface area contributed by atoms with Crippen molar-refractivity contribution in [2.75, 3.05) is 17.2 Å². The molecule has 1 aromatic carbocycles. The molecule has 0 amide bonds. The summed E-state index contributed by atoms with van der Waals surface area (Å²) in [6, 6.07) is 5.64. The number of nitrogen functional groups attached to an aromatic ring is 1. The third-order valence-corrected chi connectivity index (χ3v) is 4.52. The molecule has 98 valence electrons. The van der Waals surface area contributed by atoms with Crippen LogP contribution in [0.2, 0.25) is 0 Å². The van der Waals surface area contributed by atoms with Crippen LogP contribution >= 0.6 is 0 Å². The maximum Gasteiger partial charge on any atom is 0.148 e. The Morgan fingerprint density at radius 1 is 1.11 bits per heavy atom. The second-order valence-electron chi connectivity index (χ2n) is 5.66. The molecule has 1 aliphatic heterocycles. The van der Waals surface area contributed by atoms with Crippen LogP contribution in [0.5, 0.6) is 0 Å². The van der Waals surface area contributed by atoms with Crippen LogP contribution in [0.4, 0.5) is 15.8 Å². The molecule has 1 unspecified atom stereocenters. The molecule has 1 saturated carbocycles. The Hall–Kier alpha value is -1.25. The number of rotatable bonds is 2. The molecule has 1 aliphatic carbocycles. The van der Waals surface area contributed by atoms with Gasteiger partial charge in [-0.1, -0.05) is 12.8 Å². The predicted octanol–water partition coefficient (Wildman–Crippen LogP) is 3.57. The smallest absolute Gasteiger partial charge is 0.148 e. The molecule has 2 nitrogen and oxygen atoms in total. The minimum Gasteiger partial charge on any atom is -0.399 e. The fourth-order valence-corrected chi connectivity index (χ4v) is 3.68. The van der Waals surface area contributed by atoms with E-state index in [0.29, 0.717) is 11.7 Å². The summed E-state index contributed by atoms with van der Waals surface area (Å²) in [6.07, 6.45) is 7.73. The van der Waals surface area contributed by atoms with Crippen LogP contribution in [-0.2, 0) is 0 Å². The van der Waals surface area contributed by atoms with Crippen molar-refractivity contribution in [2.24, 2.45) is 5.92 Å². The van der Waals surface area contributed by atoms with E-state index in [9.17, 15) is 4.39 Å². The summed E-state index contributed by atoms with van der Waals surface area (Å²) in [7, 11) is 0. The van der Waals surface area contributed by atoms with E-state index in [1.54, 1.807) is 0 Å². The number of nitrogens with zero attached hydrogens (tertiary/aromatic N) is 1. The van der Waals surface area contributed by atoms with Gasteiger partial charge >= 0.3 is 0 Å². The molecule has 3 rings (SSSR count). The molecule has 2 fully saturated rings. The summed E-state index contributed by atoms with van der Waals surface area (Å²) < 4.78 is 14.0. The van der Waals surface area contributed by atoms with Gasteiger partial charge in [0.1, 0.15) is 5.82 Å². The highest BCUT2D eigenvalue weighted by Crippen LogP contribution is 2.38. The molecular weight excluding hydrogens is 227 g/mol. The van der Waals surface area contributed by atoms with Crippen LogP contribution in [-0.4, -0.2) is 12.6 Å². The third kappa shape index (κ3) is 2.06. The molecule has 18 heavy (non-hydrogen) atoms. The van der Waals surface area contributed by atoms with E-state index in [2.05, 4.69) is 4.90 Å². The fraction of sp³-hybridized carbons (Fsp3) is 0.600. The molecule has 1 saturated heterocycles. The minimum absolute atomic E-state index is 0.167. The van der Waals surface area contributed by atoms with Crippen LogP contribution in [0.25, 0.3) is 0 Å². The Labute approximate surface area is 108 Å². The molecule has 1 atom stereocenters. The lowest BCUT2D eigenvalue weighted by Crippen LogP contribution is -2.35. The van der Waals surface area contributed by atoms with Gasteiger partial charge in [-0.05, 0) is 49.8 Å². The van der Waals surface area contributed by atoms with E-state index >= 15 is 0 Å². The number of anilines is 2. The number of hydrogen-bond acceptors (Lipinski definition) is 2. The summed E-state index contributed by atoms with van der Waals surface area (Å²) in [6.45, 7) is 0.988. The van der Waals surface area contributed by atoms with Crippen molar-refractivity contribution in [3.05, 3.63) is 24.0 Å². The molecule has 1 heterocycles. The number of halogens is 1. The molecule has 0 bridgehead atoms. The van der Waals surface area contributed by atoms with Gasteiger partial charge in [0.25, 0.3) is 0 Å². The second kappa shape index (κ2) is 4.79. The van der Waals surface area contributed by atoms with Gasteiger partial charge < -0.3 is 10.6 Å². The molecule has 1 aromatic rings. The zero-order chi connectivity index (χ0) is 12.5. The Bertz CT molecular complexity index is 427. The topological polar surface area (TPSA) is 29.3 Å². The van der Waals surface area contributed by atoms with Crippen molar-refractivity contribution in [3.8, 4) is 0 Å². The van der Waals surface area contributed by atoms with Crippen molar-refractivity contribution in [3.63, 3.8) is 0 Å². The fourth-order valence-electron chi connectivity index (χ4n) is 3.68. The molecule has 0 spiro atoms. The maximum absolute atomic E-state index is 14.0. The molecular formula is C15H21FN2. The van der Waals surface area contributed by atoms with Crippen LogP contribution in [0, 0.1) is 11.7 Å². The Morgan fingerprint density at radius 2 is 1.89 bits per heavy atom. The van der Waals surface area contributed by atoms with Crippen molar-refractivity contribution in [1.82, 2.24) is 0 Å². The first-order valence-electron chi connectivity index (χ1n) is 7.07. The first-order chi connectivity index (χ1) is 8.75. The van der Waals surface area contributed by atoms with Gasteiger partial charge in [0.05, 0.1) is 5.69 Å². The van der Waals surface area contributed by atoms with Crippen LogP contribution in [0.15, 0.2) is 18.2 Å². The zero-order valence-corrected chi connectivity index (χ0v) is 10.7. The van der Waals surface area contributed by atoms with Gasteiger partial charge in [-0.25, -0.2) is 4.39 Å². The van der Waals surface area contributed by atoms with Crippen molar-refractivity contribution in [2.45, 2.75) is 44.6 Å². The minimum atomic E-state index is -0.167. The lowest BCUT2D eigenvalue weighted by Gasteiger charge is -2.31. The summed E-state index contributed by atoms with van der Waals surface area (Å²) in [5.74, 6) is 0.601. The largest absolute Gasteiger partial charge is 0.399 e. The highest BCUT2D eigenvalue weighted by atomic mass is 19.1. The standard InChI is InChI=1S/C15H21FN2/c16-13-10-12(17)7-8-15(13)18-9-3-6-14(18)11-4-1-2-5-11/h7-8,10-11,14H,1-6,9,17H2. The van der Waals surface area contributed by atoms with Gasteiger partial charge in [0, 0.05) is 18.3 Å². The molecule has 3 heteroatoms. The van der Waals surface area contributed by atoms with E-state index in [1.807, 2.05) is 12.1 Å². The predicted molar refractivity (Wildman–Crippen MR) is 73.1 cm³/mol. The molecule has 2 N–H and O–H groups in total. The molecule has 0 radical (unpaired) electrons. The average Bonchev–Trinajstić information content (AvgIpc) is 2.98. The Kier molecular flexibility index (Phi) is 3.14. The zero-order valence-electron chi connectivity index (χ0n) is 10.7. The van der Waals surface area contributed by atoms with Crippen LogP contribution < -0.4 is 10.6 Å². The van der Waals surface area contributed by atoms with Gasteiger partial charge in [-0.2, -0.15) is 0 Å². The number of nitrogens with two attached hydrogens (primary N) is 1. The molecule has 0 aromatic heterocycles. The summed E-state index contributed by atoms with van der Waals surface area (Å²) in [5, 5.41) is 0. The summed E-state index contributed by atoms with van der Waals surface area (Å²) in [4.78, 5) is 2.28. The SMILES string of the molecule is Nc1ccc(N2CCCC2C2CCCC2)c(F)c1. The van der Waals surface area contributed by atoms with Crippen molar-refractivity contribution in [1.29, 1.82) is 0 Å². The normalized spacial score (nSPS) is 24.9. The highest BCUT2D eigenvalue weighted by Gasteiger charge is 2.34. The third-order valence-electron chi connectivity index (χ3n) is 4.52. The summed E-state index contributed by atoms with van der Waals surface area (Å²) >= 11 is 0. The Morgan fingerprint density at radius 3 is 2.61 bits per heavy atom. The second-order valence-corrected chi connectivity index (χ2v) is 5.66. The lowest BCUT2D eigenvalue weighted by atomic mass is 9.95. The first kappa shape index (κ1) is 11.8. The van der Waals surface area contributed by atoms with Crippen molar-refractivity contribution >= 4 is 11.4 Å². The van der Waals surface area contributed by atoms with E-state index in [0.717, 1.165) is 18.2 Å². The van der Waals surface area contributed by atoms with E-state index < -0.39 is 0 Å². The lowest BCUT2D eigenvalue weighted by molar-refractivity contribution is 0.427. The Balaban J connectivity index is 1.85. The number of hydrogen-bond donors (Lipinski definition) is 1. The average molecular weight is 248 g/mol. The van der Waals surface area contributed by atoms with Gasteiger partial charge in [0.15, 0.2) is 0 Å².